The van der Waals surface area contributed by atoms with E-state index in [0.29, 0.717) is 26.1 Å². The monoisotopic (exact) mass is 488 g/mol. The summed E-state index contributed by atoms with van der Waals surface area (Å²) in [4.78, 5) is 0. The van der Waals surface area contributed by atoms with E-state index in [1.807, 2.05) is 0 Å². The molecule has 1 aliphatic rings. The molecule has 1 atom stereocenters. The number of hydrogen-bond donors (Lipinski definition) is 0. The van der Waals surface area contributed by atoms with Gasteiger partial charge in [-0.1, -0.05) is 51.4 Å². The SMILES string of the molecule is FC(F)(F)C(F)(F)C(F)(F)C(F)(F)CCCCCCCCCCCCOCC1CCCO1. The number of unbranched alkanes of at least 4 members (excludes halogenated alkanes) is 9. The van der Waals surface area contributed by atoms with Crippen molar-refractivity contribution in [2.75, 3.05) is 19.8 Å². The van der Waals surface area contributed by atoms with Gasteiger partial charge in [-0.15, -0.1) is 0 Å². The smallest absolute Gasteiger partial charge is 0.379 e. The Kier molecular flexibility index (Phi) is 12.1. The molecule has 1 rings (SSSR count). The molecule has 2 nitrogen and oxygen atoms in total. The molecular formula is C21H33F9O2. The maximum atomic E-state index is 13.4. The largest absolute Gasteiger partial charge is 0.460 e. The van der Waals surface area contributed by atoms with Crippen molar-refractivity contribution in [3.05, 3.63) is 0 Å². The van der Waals surface area contributed by atoms with Crippen molar-refractivity contribution >= 4 is 0 Å². The number of halogens is 9. The molecule has 0 aromatic heterocycles. The van der Waals surface area contributed by atoms with Gasteiger partial charge in [0.1, 0.15) is 0 Å². The van der Waals surface area contributed by atoms with Gasteiger partial charge in [-0.3, -0.25) is 0 Å². The molecule has 0 bridgehead atoms. The first-order chi connectivity index (χ1) is 14.8. The maximum Gasteiger partial charge on any atom is 0.460 e. The van der Waals surface area contributed by atoms with E-state index >= 15 is 0 Å². The second kappa shape index (κ2) is 13.2. The Morgan fingerprint density at radius 1 is 0.656 bits per heavy atom. The van der Waals surface area contributed by atoms with Gasteiger partial charge in [-0.05, 0) is 25.7 Å². The van der Waals surface area contributed by atoms with Crippen LogP contribution in [0.2, 0.25) is 0 Å². The average molecular weight is 488 g/mol. The van der Waals surface area contributed by atoms with E-state index in [1.165, 1.54) is 0 Å². The van der Waals surface area contributed by atoms with Gasteiger partial charge in [0.2, 0.25) is 0 Å². The summed E-state index contributed by atoms with van der Waals surface area (Å²) < 4.78 is 126. The van der Waals surface area contributed by atoms with Crippen LogP contribution in [0.25, 0.3) is 0 Å². The third-order valence-corrected chi connectivity index (χ3v) is 5.57. The third-order valence-electron chi connectivity index (χ3n) is 5.57. The summed E-state index contributed by atoms with van der Waals surface area (Å²) in [5.41, 5.74) is 0. The summed E-state index contributed by atoms with van der Waals surface area (Å²) in [6.45, 7) is 2.13. The molecular weight excluding hydrogens is 455 g/mol. The molecule has 0 aromatic carbocycles. The normalized spacial score (nSPS) is 18.5. The minimum absolute atomic E-state index is 0.0608. The van der Waals surface area contributed by atoms with E-state index in [9.17, 15) is 39.5 Å². The molecule has 1 aliphatic heterocycles. The molecule has 1 fully saturated rings. The van der Waals surface area contributed by atoms with Crippen LogP contribution in [0.5, 0.6) is 0 Å². The molecule has 0 saturated carbocycles. The quantitative estimate of drug-likeness (QED) is 0.153. The van der Waals surface area contributed by atoms with Crippen LogP contribution in [0.3, 0.4) is 0 Å². The van der Waals surface area contributed by atoms with E-state index in [4.69, 9.17) is 9.47 Å². The lowest BCUT2D eigenvalue weighted by molar-refractivity contribution is -0.396. The van der Waals surface area contributed by atoms with Crippen LogP contribution < -0.4 is 0 Å². The predicted octanol–water partition coefficient (Wildman–Crippen LogP) is 7.94. The standard InChI is InChI=1S/C21H33F9O2/c22-18(23,19(24,25)20(26,27)21(28,29)30)13-9-7-5-3-1-2-4-6-8-10-14-31-16-17-12-11-15-32-17/h17H,1-16H2. The Morgan fingerprint density at radius 2 is 1.16 bits per heavy atom. The fraction of sp³-hybridized carbons (Fsp3) is 1.00. The van der Waals surface area contributed by atoms with E-state index in [1.54, 1.807) is 0 Å². The summed E-state index contributed by atoms with van der Waals surface area (Å²) in [6, 6.07) is 0. The zero-order valence-electron chi connectivity index (χ0n) is 18.1. The molecule has 32 heavy (non-hydrogen) atoms. The van der Waals surface area contributed by atoms with Crippen LogP contribution in [-0.4, -0.2) is 49.9 Å². The van der Waals surface area contributed by atoms with Crippen molar-refractivity contribution in [1.29, 1.82) is 0 Å². The molecule has 0 aliphatic carbocycles. The van der Waals surface area contributed by atoms with Crippen molar-refractivity contribution < 1.29 is 49.0 Å². The molecule has 0 amide bonds. The molecule has 1 unspecified atom stereocenters. The van der Waals surface area contributed by atoms with Gasteiger partial charge in [0.25, 0.3) is 0 Å². The Hall–Kier alpha value is -0.710. The minimum atomic E-state index is -6.79. The molecule has 1 saturated heterocycles. The molecule has 0 radical (unpaired) electrons. The second-order valence-corrected chi connectivity index (χ2v) is 8.35. The fourth-order valence-electron chi connectivity index (χ4n) is 3.52. The molecule has 0 spiro atoms. The summed E-state index contributed by atoms with van der Waals surface area (Å²) in [7, 11) is 0. The fourth-order valence-corrected chi connectivity index (χ4v) is 3.52. The highest BCUT2D eigenvalue weighted by Crippen LogP contribution is 2.54. The summed E-state index contributed by atoms with van der Waals surface area (Å²) in [5.74, 6) is -18.7. The first-order valence-corrected chi connectivity index (χ1v) is 11.2. The third kappa shape index (κ3) is 8.91. The van der Waals surface area contributed by atoms with Crippen LogP contribution in [0.4, 0.5) is 39.5 Å². The van der Waals surface area contributed by atoms with Crippen LogP contribution in [0, 0.1) is 0 Å². The lowest BCUT2D eigenvalue weighted by Crippen LogP contribution is -2.60. The Morgan fingerprint density at radius 3 is 1.62 bits per heavy atom. The zero-order valence-corrected chi connectivity index (χ0v) is 18.1. The van der Waals surface area contributed by atoms with Crippen molar-refractivity contribution in [3.8, 4) is 0 Å². The van der Waals surface area contributed by atoms with Gasteiger partial charge in [-0.25, -0.2) is 0 Å². The first-order valence-electron chi connectivity index (χ1n) is 11.2. The number of rotatable bonds is 17. The van der Waals surface area contributed by atoms with Gasteiger partial charge in [-0.2, -0.15) is 39.5 Å². The second-order valence-electron chi connectivity index (χ2n) is 8.35. The van der Waals surface area contributed by atoms with E-state index in [2.05, 4.69) is 0 Å². The maximum absolute atomic E-state index is 13.4. The van der Waals surface area contributed by atoms with E-state index < -0.39 is 36.8 Å². The number of hydrogen-bond acceptors (Lipinski definition) is 2. The highest BCUT2D eigenvalue weighted by Gasteiger charge is 2.81. The van der Waals surface area contributed by atoms with Crippen molar-refractivity contribution in [1.82, 2.24) is 0 Å². The van der Waals surface area contributed by atoms with Crippen LogP contribution in [0.15, 0.2) is 0 Å². The summed E-state index contributed by atoms with van der Waals surface area (Å²) in [5, 5.41) is 0. The molecule has 11 heteroatoms. The topological polar surface area (TPSA) is 18.5 Å². The molecule has 192 valence electrons. The van der Waals surface area contributed by atoms with Gasteiger partial charge < -0.3 is 9.47 Å². The Balaban J connectivity index is 2.01. The van der Waals surface area contributed by atoms with Crippen LogP contribution >= 0.6 is 0 Å². The summed E-state index contributed by atoms with van der Waals surface area (Å²) in [6.07, 6.45) is 0.193. The lowest BCUT2D eigenvalue weighted by Gasteiger charge is -2.33. The average Bonchev–Trinajstić information content (AvgIpc) is 3.20. The predicted molar refractivity (Wildman–Crippen MR) is 101 cm³/mol. The first kappa shape index (κ1) is 29.3. The molecule has 0 N–H and O–H groups in total. The van der Waals surface area contributed by atoms with Gasteiger partial charge in [0, 0.05) is 19.6 Å². The van der Waals surface area contributed by atoms with Crippen molar-refractivity contribution in [3.63, 3.8) is 0 Å². The minimum Gasteiger partial charge on any atom is -0.379 e. The Labute approximate surface area is 183 Å². The van der Waals surface area contributed by atoms with Gasteiger partial charge >= 0.3 is 23.9 Å². The highest BCUT2D eigenvalue weighted by molar-refractivity contribution is 5.00. The van der Waals surface area contributed by atoms with Crippen molar-refractivity contribution in [2.24, 2.45) is 0 Å². The van der Waals surface area contributed by atoms with Gasteiger partial charge in [0.15, 0.2) is 0 Å². The van der Waals surface area contributed by atoms with E-state index in [0.717, 1.165) is 58.0 Å². The van der Waals surface area contributed by atoms with Gasteiger partial charge in [0.05, 0.1) is 12.7 Å². The van der Waals surface area contributed by atoms with Crippen LogP contribution in [-0.2, 0) is 9.47 Å². The van der Waals surface area contributed by atoms with Crippen molar-refractivity contribution in [2.45, 2.75) is 114 Å². The van der Waals surface area contributed by atoms with Crippen LogP contribution in [0.1, 0.15) is 83.5 Å². The lowest BCUT2D eigenvalue weighted by atomic mass is 9.97. The summed E-state index contributed by atoms with van der Waals surface area (Å²) >= 11 is 0. The molecule has 1 heterocycles. The van der Waals surface area contributed by atoms with E-state index in [-0.39, 0.29) is 12.5 Å². The number of ether oxygens (including phenoxy) is 2. The Bertz CT molecular complexity index is 504. The zero-order chi connectivity index (χ0) is 24.3. The number of alkyl halides is 9. The highest BCUT2D eigenvalue weighted by atomic mass is 19.4. The molecule has 0 aromatic rings.